The van der Waals surface area contributed by atoms with Crippen LogP contribution in [0.1, 0.15) is 32.3 Å². The van der Waals surface area contributed by atoms with Gasteiger partial charge in [0.1, 0.15) is 0 Å². The van der Waals surface area contributed by atoms with Crippen LogP contribution in [0.25, 0.3) is 6.08 Å². The molecule has 0 radical (unpaired) electrons. The zero-order valence-electron chi connectivity index (χ0n) is 15.7. The lowest BCUT2D eigenvalue weighted by Crippen LogP contribution is -2.44. The van der Waals surface area contributed by atoms with Gasteiger partial charge in [-0.3, -0.25) is 10.1 Å². The number of fused-ring (bicyclic) bond motifs is 1. The summed E-state index contributed by atoms with van der Waals surface area (Å²) in [7, 11) is 0. The number of amides is 3. The largest absolute Gasteiger partial charge is 0.489 e. The first-order valence-electron chi connectivity index (χ1n) is 8.93. The van der Waals surface area contributed by atoms with Crippen molar-refractivity contribution in [3.05, 3.63) is 28.8 Å². The Labute approximate surface area is 168 Å². The molecule has 0 saturated carbocycles. The number of ether oxygens (including phenoxy) is 3. The number of halogens is 1. The maximum absolute atomic E-state index is 11.8. The fourth-order valence-electron chi connectivity index (χ4n) is 2.22. The summed E-state index contributed by atoms with van der Waals surface area (Å²) in [6.07, 6.45) is 4.11. The Balaban J connectivity index is 1.85. The van der Waals surface area contributed by atoms with Crippen molar-refractivity contribution in [3.8, 4) is 11.5 Å². The molecule has 0 bridgehead atoms. The Morgan fingerprint density at radius 1 is 1.29 bits per heavy atom. The number of hydrogen-bond acceptors (Lipinski definition) is 6. The molecule has 1 atom stereocenters. The molecule has 1 aliphatic heterocycles. The second-order valence-corrected chi connectivity index (χ2v) is 6.56. The first-order chi connectivity index (χ1) is 13.4. The van der Waals surface area contributed by atoms with E-state index in [1.165, 1.54) is 6.08 Å². The molecule has 1 aliphatic rings. The Morgan fingerprint density at radius 3 is 2.79 bits per heavy atom. The van der Waals surface area contributed by atoms with E-state index in [4.69, 9.17) is 25.8 Å². The number of rotatable bonds is 6. The molecule has 9 heteroatoms. The standard InChI is InChI=1S/C19H23ClN2O6/c1-3-12(2)21-19(25)22-16(23)11-28-17(24)6-5-13-9-14(20)18-15(10-13)26-7-4-8-27-18/h5-6,9-10,12H,3-4,7-8,11H2,1-2H3,(H2,21,22,23,25)/b6-5+/t12-/m1/s1. The van der Waals surface area contributed by atoms with Crippen LogP contribution in [0.3, 0.4) is 0 Å². The summed E-state index contributed by atoms with van der Waals surface area (Å²) in [4.78, 5) is 34.9. The first kappa shape index (κ1) is 21.6. The van der Waals surface area contributed by atoms with E-state index in [2.05, 4.69) is 10.6 Å². The highest BCUT2D eigenvalue weighted by Gasteiger charge is 2.15. The smallest absolute Gasteiger partial charge is 0.331 e. The lowest BCUT2D eigenvalue weighted by molar-refractivity contribution is -0.143. The molecule has 28 heavy (non-hydrogen) atoms. The van der Waals surface area contributed by atoms with Crippen molar-refractivity contribution < 1.29 is 28.6 Å². The predicted octanol–water partition coefficient (Wildman–Crippen LogP) is 2.68. The van der Waals surface area contributed by atoms with Crippen molar-refractivity contribution in [2.75, 3.05) is 19.8 Å². The van der Waals surface area contributed by atoms with Crippen LogP contribution < -0.4 is 20.1 Å². The zero-order chi connectivity index (χ0) is 20.5. The molecule has 2 N–H and O–H groups in total. The van der Waals surface area contributed by atoms with Crippen LogP contribution >= 0.6 is 11.6 Å². The molecule has 0 aliphatic carbocycles. The summed E-state index contributed by atoms with van der Waals surface area (Å²) in [5.74, 6) is -0.474. The summed E-state index contributed by atoms with van der Waals surface area (Å²) in [5.41, 5.74) is 0.614. The Morgan fingerprint density at radius 2 is 2.04 bits per heavy atom. The molecule has 0 saturated heterocycles. The first-order valence-corrected chi connectivity index (χ1v) is 9.31. The normalized spacial score (nSPS) is 14.1. The minimum Gasteiger partial charge on any atom is -0.489 e. The number of imide groups is 1. The second-order valence-electron chi connectivity index (χ2n) is 6.15. The summed E-state index contributed by atoms with van der Waals surface area (Å²) in [5, 5.41) is 5.03. The van der Waals surface area contributed by atoms with Crippen LogP contribution in [0.4, 0.5) is 4.79 Å². The Kier molecular flexibility index (Phi) is 8.13. The molecular formula is C19H23ClN2O6. The van der Waals surface area contributed by atoms with Crippen LogP contribution in [0.15, 0.2) is 18.2 Å². The topological polar surface area (TPSA) is 103 Å². The quantitative estimate of drug-likeness (QED) is 0.552. The van der Waals surface area contributed by atoms with E-state index in [-0.39, 0.29) is 6.04 Å². The van der Waals surface area contributed by atoms with E-state index in [1.807, 2.05) is 6.92 Å². The number of nitrogens with one attached hydrogen (secondary N) is 2. The maximum Gasteiger partial charge on any atom is 0.331 e. The summed E-state index contributed by atoms with van der Waals surface area (Å²) < 4.78 is 15.9. The number of hydrogen-bond donors (Lipinski definition) is 2. The Hall–Kier alpha value is -2.74. The van der Waals surface area contributed by atoms with E-state index in [1.54, 1.807) is 19.1 Å². The van der Waals surface area contributed by atoms with Crippen molar-refractivity contribution >= 4 is 35.6 Å². The summed E-state index contributed by atoms with van der Waals surface area (Å²) in [6.45, 7) is 4.17. The lowest BCUT2D eigenvalue weighted by atomic mass is 10.2. The van der Waals surface area contributed by atoms with Gasteiger partial charge < -0.3 is 19.5 Å². The van der Waals surface area contributed by atoms with E-state index >= 15 is 0 Å². The Bertz CT molecular complexity index is 765. The van der Waals surface area contributed by atoms with E-state index in [0.29, 0.717) is 35.3 Å². The minimum absolute atomic E-state index is 0.0691. The molecule has 1 aromatic carbocycles. The predicted molar refractivity (Wildman–Crippen MR) is 103 cm³/mol. The van der Waals surface area contributed by atoms with E-state index in [9.17, 15) is 14.4 Å². The SMILES string of the molecule is CC[C@@H](C)NC(=O)NC(=O)COC(=O)/C=C/c1cc(Cl)c2c(c1)OCCCO2. The fourth-order valence-corrected chi connectivity index (χ4v) is 2.49. The number of benzene rings is 1. The summed E-state index contributed by atoms with van der Waals surface area (Å²) in [6, 6.07) is 2.63. The molecule has 3 amide bonds. The van der Waals surface area contributed by atoms with Gasteiger partial charge >= 0.3 is 12.0 Å². The monoisotopic (exact) mass is 410 g/mol. The highest BCUT2D eigenvalue weighted by molar-refractivity contribution is 6.32. The molecule has 0 unspecified atom stereocenters. The molecule has 8 nitrogen and oxygen atoms in total. The van der Waals surface area contributed by atoms with Crippen LogP contribution in [-0.2, 0) is 14.3 Å². The van der Waals surface area contributed by atoms with Crippen LogP contribution in [0, 0.1) is 0 Å². The van der Waals surface area contributed by atoms with E-state index < -0.39 is 24.5 Å². The highest BCUT2D eigenvalue weighted by atomic mass is 35.5. The lowest BCUT2D eigenvalue weighted by Gasteiger charge is -2.11. The molecule has 0 fully saturated rings. The number of carbonyl (C=O) groups excluding carboxylic acids is 3. The molecule has 0 spiro atoms. The maximum atomic E-state index is 11.8. The van der Waals surface area contributed by atoms with Crippen LogP contribution in [0.2, 0.25) is 5.02 Å². The third kappa shape index (κ3) is 6.77. The number of esters is 1. The minimum atomic E-state index is -0.735. The van der Waals surface area contributed by atoms with Gasteiger partial charge in [0.05, 0.1) is 18.2 Å². The fraction of sp³-hybridized carbons (Fsp3) is 0.421. The third-order valence-electron chi connectivity index (χ3n) is 3.82. The molecule has 152 valence electrons. The average molecular weight is 411 g/mol. The number of urea groups is 1. The van der Waals surface area contributed by atoms with Crippen molar-refractivity contribution in [1.82, 2.24) is 10.6 Å². The number of carbonyl (C=O) groups is 3. The van der Waals surface area contributed by atoms with Gasteiger partial charge in [0.15, 0.2) is 18.1 Å². The van der Waals surface area contributed by atoms with Gasteiger partial charge in [0.2, 0.25) is 0 Å². The molecule has 1 heterocycles. The average Bonchev–Trinajstić information content (AvgIpc) is 2.90. The van der Waals surface area contributed by atoms with E-state index in [0.717, 1.165) is 18.9 Å². The van der Waals surface area contributed by atoms with Gasteiger partial charge in [-0.2, -0.15) is 0 Å². The second kappa shape index (κ2) is 10.6. The molecule has 2 rings (SSSR count). The van der Waals surface area contributed by atoms with Crippen LogP contribution in [0.5, 0.6) is 11.5 Å². The van der Waals surface area contributed by atoms with Gasteiger partial charge in [-0.15, -0.1) is 0 Å². The van der Waals surface area contributed by atoms with Crippen molar-refractivity contribution in [2.45, 2.75) is 32.7 Å². The molecular weight excluding hydrogens is 388 g/mol. The van der Waals surface area contributed by atoms with Gasteiger partial charge in [0.25, 0.3) is 5.91 Å². The van der Waals surface area contributed by atoms with Crippen molar-refractivity contribution in [3.63, 3.8) is 0 Å². The van der Waals surface area contributed by atoms with Crippen LogP contribution in [-0.4, -0.2) is 43.8 Å². The van der Waals surface area contributed by atoms with Gasteiger partial charge in [-0.05, 0) is 37.1 Å². The van der Waals surface area contributed by atoms with Gasteiger partial charge in [0, 0.05) is 18.5 Å². The zero-order valence-corrected chi connectivity index (χ0v) is 16.5. The third-order valence-corrected chi connectivity index (χ3v) is 4.11. The van der Waals surface area contributed by atoms with Gasteiger partial charge in [-0.1, -0.05) is 18.5 Å². The summed E-state index contributed by atoms with van der Waals surface area (Å²) >= 11 is 6.19. The van der Waals surface area contributed by atoms with Gasteiger partial charge in [-0.25, -0.2) is 9.59 Å². The van der Waals surface area contributed by atoms with Crippen molar-refractivity contribution in [2.24, 2.45) is 0 Å². The highest BCUT2D eigenvalue weighted by Crippen LogP contribution is 2.38. The molecule has 0 aromatic heterocycles. The van der Waals surface area contributed by atoms with Crippen molar-refractivity contribution in [1.29, 1.82) is 0 Å². The molecule has 1 aromatic rings.